The Bertz CT molecular complexity index is 677. The summed E-state index contributed by atoms with van der Waals surface area (Å²) in [6, 6.07) is 8.71. The standard InChI is InChI=1S/C19H26N2OS2/c1-21(2)17(16-12-24-18-10-6-5-9-15(16)18)11-20-19(22)13-23-14-7-3-4-8-14/h5-6,9-10,12,14,17H,3-4,7-8,11,13H2,1-2H3,(H,20,22). The number of likely N-dealkylation sites (N-methyl/N-ethyl adjacent to an activating group) is 1. The number of carbonyl (C=O) groups is 1. The minimum Gasteiger partial charge on any atom is -0.353 e. The van der Waals surface area contributed by atoms with Crippen LogP contribution in [0.3, 0.4) is 0 Å². The highest BCUT2D eigenvalue weighted by atomic mass is 32.2. The molecule has 5 heteroatoms. The minimum atomic E-state index is 0.165. The lowest BCUT2D eigenvalue weighted by molar-refractivity contribution is -0.118. The van der Waals surface area contributed by atoms with Gasteiger partial charge in [0.05, 0.1) is 11.8 Å². The van der Waals surface area contributed by atoms with Crippen LogP contribution in [0.5, 0.6) is 0 Å². The Kier molecular flexibility index (Phi) is 6.19. The summed E-state index contributed by atoms with van der Waals surface area (Å²) in [7, 11) is 4.16. The van der Waals surface area contributed by atoms with Crippen LogP contribution in [0.2, 0.25) is 0 Å². The second-order valence-electron chi connectivity index (χ2n) is 6.69. The molecule has 1 saturated carbocycles. The first kappa shape index (κ1) is 17.8. The van der Waals surface area contributed by atoms with Crippen molar-refractivity contribution in [3.05, 3.63) is 35.2 Å². The molecular formula is C19H26N2OS2. The molecular weight excluding hydrogens is 336 g/mol. The van der Waals surface area contributed by atoms with Gasteiger partial charge in [0.25, 0.3) is 0 Å². The number of hydrogen-bond donors (Lipinski definition) is 1. The summed E-state index contributed by atoms with van der Waals surface area (Å²) < 4.78 is 1.31. The first-order valence-electron chi connectivity index (χ1n) is 8.66. The van der Waals surface area contributed by atoms with Gasteiger partial charge in [0.15, 0.2) is 0 Å². The minimum absolute atomic E-state index is 0.165. The second kappa shape index (κ2) is 8.37. The zero-order chi connectivity index (χ0) is 16.9. The number of nitrogens with zero attached hydrogens (tertiary/aromatic N) is 1. The van der Waals surface area contributed by atoms with E-state index in [1.54, 1.807) is 11.3 Å². The van der Waals surface area contributed by atoms with E-state index in [9.17, 15) is 4.79 Å². The van der Waals surface area contributed by atoms with Crippen molar-refractivity contribution in [3.8, 4) is 0 Å². The molecule has 1 heterocycles. The average Bonchev–Trinajstić information content (AvgIpc) is 3.23. The molecule has 1 aliphatic carbocycles. The van der Waals surface area contributed by atoms with Crippen molar-refractivity contribution in [2.45, 2.75) is 37.0 Å². The number of amides is 1. The topological polar surface area (TPSA) is 32.3 Å². The fraction of sp³-hybridized carbons (Fsp3) is 0.526. The number of nitrogens with one attached hydrogen (secondary N) is 1. The van der Waals surface area contributed by atoms with Crippen molar-refractivity contribution in [3.63, 3.8) is 0 Å². The lowest BCUT2D eigenvalue weighted by Gasteiger charge is -2.24. The molecule has 24 heavy (non-hydrogen) atoms. The van der Waals surface area contributed by atoms with Gasteiger partial charge in [-0.2, -0.15) is 0 Å². The van der Waals surface area contributed by atoms with Crippen molar-refractivity contribution in [2.24, 2.45) is 0 Å². The Labute approximate surface area is 152 Å². The Morgan fingerprint density at radius 2 is 2.08 bits per heavy atom. The van der Waals surface area contributed by atoms with E-state index in [1.807, 2.05) is 11.8 Å². The first-order valence-corrected chi connectivity index (χ1v) is 10.6. The Balaban J connectivity index is 1.59. The molecule has 2 aromatic rings. The highest BCUT2D eigenvalue weighted by Gasteiger charge is 2.20. The smallest absolute Gasteiger partial charge is 0.230 e. The molecule has 3 rings (SSSR count). The van der Waals surface area contributed by atoms with Crippen LogP contribution in [0.1, 0.15) is 37.3 Å². The van der Waals surface area contributed by atoms with Crippen molar-refractivity contribution in [1.29, 1.82) is 0 Å². The number of benzene rings is 1. The van der Waals surface area contributed by atoms with Gasteiger partial charge in [-0.3, -0.25) is 4.79 Å². The normalized spacial score (nSPS) is 16.8. The molecule has 0 bridgehead atoms. The van der Waals surface area contributed by atoms with Crippen LogP contribution < -0.4 is 5.32 Å². The number of thioether (sulfide) groups is 1. The number of carbonyl (C=O) groups excluding carboxylic acids is 1. The summed E-state index contributed by atoms with van der Waals surface area (Å²) in [5, 5.41) is 7.37. The van der Waals surface area contributed by atoms with E-state index >= 15 is 0 Å². The van der Waals surface area contributed by atoms with Gasteiger partial charge in [0.1, 0.15) is 0 Å². The molecule has 1 fully saturated rings. The molecule has 1 aromatic heterocycles. The number of hydrogen-bond acceptors (Lipinski definition) is 4. The van der Waals surface area contributed by atoms with Gasteiger partial charge in [-0.1, -0.05) is 31.0 Å². The van der Waals surface area contributed by atoms with E-state index in [-0.39, 0.29) is 11.9 Å². The molecule has 3 nitrogen and oxygen atoms in total. The number of thiophene rings is 1. The van der Waals surface area contributed by atoms with Gasteiger partial charge >= 0.3 is 0 Å². The third-order valence-corrected chi connectivity index (χ3v) is 7.09. The molecule has 1 N–H and O–H groups in total. The third-order valence-electron chi connectivity index (χ3n) is 4.74. The summed E-state index contributed by atoms with van der Waals surface area (Å²) in [6.07, 6.45) is 5.21. The van der Waals surface area contributed by atoms with Crippen LogP contribution in [0.4, 0.5) is 0 Å². The van der Waals surface area contributed by atoms with E-state index in [2.05, 4.69) is 54.0 Å². The quantitative estimate of drug-likeness (QED) is 0.797. The molecule has 1 aromatic carbocycles. The van der Waals surface area contributed by atoms with Gasteiger partial charge in [-0.15, -0.1) is 23.1 Å². The van der Waals surface area contributed by atoms with E-state index < -0.39 is 0 Å². The second-order valence-corrected chi connectivity index (χ2v) is 8.89. The summed E-state index contributed by atoms with van der Waals surface area (Å²) in [5.74, 6) is 0.758. The highest BCUT2D eigenvalue weighted by molar-refractivity contribution is 8.00. The van der Waals surface area contributed by atoms with Crippen LogP contribution in [0.15, 0.2) is 29.6 Å². The van der Waals surface area contributed by atoms with Crippen LogP contribution in [-0.4, -0.2) is 42.4 Å². The monoisotopic (exact) mass is 362 g/mol. The van der Waals surface area contributed by atoms with E-state index in [4.69, 9.17) is 0 Å². The van der Waals surface area contributed by atoms with Gasteiger partial charge in [-0.05, 0) is 49.3 Å². The Morgan fingerprint density at radius 3 is 2.83 bits per heavy atom. The molecule has 1 aliphatic rings. The molecule has 0 saturated heterocycles. The number of rotatable bonds is 7. The maximum Gasteiger partial charge on any atom is 0.230 e. The molecule has 0 radical (unpaired) electrons. The first-order chi connectivity index (χ1) is 11.6. The molecule has 130 valence electrons. The summed E-state index contributed by atoms with van der Waals surface area (Å²) in [6.45, 7) is 0.664. The maximum absolute atomic E-state index is 12.2. The van der Waals surface area contributed by atoms with Crippen LogP contribution in [0.25, 0.3) is 10.1 Å². The van der Waals surface area contributed by atoms with Crippen LogP contribution in [0, 0.1) is 0 Å². The fourth-order valence-corrected chi connectivity index (χ4v) is 5.50. The highest BCUT2D eigenvalue weighted by Crippen LogP contribution is 2.32. The van der Waals surface area contributed by atoms with Gasteiger partial charge in [0.2, 0.25) is 5.91 Å². The SMILES string of the molecule is CN(C)C(CNC(=O)CSC1CCCC1)c1csc2ccccc12. The molecule has 0 spiro atoms. The maximum atomic E-state index is 12.2. The molecule has 1 amide bonds. The van der Waals surface area contributed by atoms with Crippen molar-refractivity contribution in [2.75, 3.05) is 26.4 Å². The summed E-state index contributed by atoms with van der Waals surface area (Å²) in [4.78, 5) is 14.4. The predicted octanol–water partition coefficient (Wildman–Crippen LogP) is 4.30. The van der Waals surface area contributed by atoms with Gasteiger partial charge < -0.3 is 10.2 Å². The Hall–Kier alpha value is -1.04. The average molecular weight is 363 g/mol. The lowest BCUT2D eigenvalue weighted by Crippen LogP contribution is -2.35. The number of fused-ring (bicyclic) bond motifs is 1. The van der Waals surface area contributed by atoms with E-state index in [0.717, 1.165) is 0 Å². The van der Waals surface area contributed by atoms with Gasteiger partial charge in [-0.25, -0.2) is 0 Å². The van der Waals surface area contributed by atoms with E-state index in [1.165, 1.54) is 41.3 Å². The molecule has 0 aliphatic heterocycles. The largest absolute Gasteiger partial charge is 0.353 e. The van der Waals surface area contributed by atoms with Crippen LogP contribution in [-0.2, 0) is 4.79 Å². The van der Waals surface area contributed by atoms with Crippen molar-refractivity contribution in [1.82, 2.24) is 10.2 Å². The zero-order valence-electron chi connectivity index (χ0n) is 14.5. The van der Waals surface area contributed by atoms with Crippen molar-refractivity contribution < 1.29 is 4.79 Å². The lowest BCUT2D eigenvalue weighted by atomic mass is 10.0. The van der Waals surface area contributed by atoms with Crippen molar-refractivity contribution >= 4 is 39.1 Å². The Morgan fingerprint density at radius 1 is 1.33 bits per heavy atom. The molecule has 1 atom stereocenters. The third kappa shape index (κ3) is 4.32. The molecule has 1 unspecified atom stereocenters. The summed E-state index contributed by atoms with van der Waals surface area (Å²) in [5.41, 5.74) is 1.31. The summed E-state index contributed by atoms with van der Waals surface area (Å²) >= 11 is 3.61. The zero-order valence-corrected chi connectivity index (χ0v) is 16.1. The van der Waals surface area contributed by atoms with Crippen LogP contribution >= 0.6 is 23.1 Å². The van der Waals surface area contributed by atoms with Gasteiger partial charge in [0, 0.05) is 16.5 Å². The fourth-order valence-electron chi connectivity index (χ4n) is 3.34. The van der Waals surface area contributed by atoms with E-state index in [0.29, 0.717) is 17.5 Å². The predicted molar refractivity (Wildman–Crippen MR) is 106 cm³/mol.